The van der Waals surface area contributed by atoms with E-state index in [0.717, 1.165) is 11.3 Å². The van der Waals surface area contributed by atoms with Crippen molar-refractivity contribution in [1.29, 1.82) is 0 Å². The molecule has 0 saturated heterocycles. The summed E-state index contributed by atoms with van der Waals surface area (Å²) in [5.74, 6) is 0. The van der Waals surface area contributed by atoms with E-state index >= 15 is 0 Å². The van der Waals surface area contributed by atoms with Gasteiger partial charge in [0.2, 0.25) is 0 Å². The summed E-state index contributed by atoms with van der Waals surface area (Å²) in [4.78, 5) is 1.73. The van der Waals surface area contributed by atoms with Crippen LogP contribution in [-0.2, 0) is 10.1 Å². The predicted octanol–water partition coefficient (Wildman–Crippen LogP) is -0.161. The van der Waals surface area contributed by atoms with Crippen molar-refractivity contribution in [3.05, 3.63) is 29.8 Å². The van der Waals surface area contributed by atoms with Gasteiger partial charge in [-0.05, 0) is 38.0 Å². The van der Waals surface area contributed by atoms with Gasteiger partial charge in [0, 0.05) is 12.2 Å². The molecule has 1 aromatic carbocycles. The molecule has 6 heteroatoms. The van der Waals surface area contributed by atoms with E-state index in [1.54, 1.807) is 4.90 Å². The minimum Gasteiger partial charge on any atom is -0.353 e. The second kappa shape index (κ2) is 8.27. The van der Waals surface area contributed by atoms with Crippen molar-refractivity contribution < 1.29 is 42.5 Å². The molecule has 19 heavy (non-hydrogen) atoms. The van der Waals surface area contributed by atoms with Gasteiger partial charge >= 0.3 is 29.6 Å². The Labute approximate surface area is 138 Å². The number of hydrogen-bond acceptors (Lipinski definition) is 3. The first-order valence-corrected chi connectivity index (χ1v) is 7.70. The van der Waals surface area contributed by atoms with Crippen molar-refractivity contribution in [2.75, 3.05) is 11.4 Å². The fourth-order valence-electron chi connectivity index (χ4n) is 2.07. The Morgan fingerprint density at radius 2 is 1.95 bits per heavy atom. The van der Waals surface area contributed by atoms with Gasteiger partial charge < -0.3 is 4.90 Å². The second-order valence-electron chi connectivity index (χ2n) is 4.38. The molecule has 102 valence electrons. The molecule has 1 unspecified atom stereocenters. The third-order valence-corrected chi connectivity index (χ3v) is 4.08. The molecule has 0 radical (unpaired) electrons. The summed E-state index contributed by atoms with van der Waals surface area (Å²) in [5, 5.41) is -0.866. The molecule has 0 spiro atoms. The van der Waals surface area contributed by atoms with Gasteiger partial charge in [0.15, 0.2) is 5.37 Å². The zero-order valence-corrected chi connectivity index (χ0v) is 14.9. The van der Waals surface area contributed by atoms with Crippen molar-refractivity contribution >= 4 is 15.8 Å². The minimum atomic E-state index is -4.07. The Morgan fingerprint density at radius 3 is 2.37 bits per heavy atom. The van der Waals surface area contributed by atoms with Crippen LogP contribution >= 0.6 is 0 Å². The summed E-state index contributed by atoms with van der Waals surface area (Å²) >= 11 is 0. The van der Waals surface area contributed by atoms with Crippen molar-refractivity contribution in [3.8, 4) is 0 Å². The van der Waals surface area contributed by atoms with Gasteiger partial charge in [-0.15, -0.1) is 0 Å². The Hall–Kier alpha value is -0.0700. The Balaban J connectivity index is 0.00000324. The topological polar surface area (TPSA) is 57.6 Å². The quantitative estimate of drug-likeness (QED) is 0.585. The van der Waals surface area contributed by atoms with E-state index in [4.69, 9.17) is 0 Å². The van der Waals surface area contributed by atoms with E-state index in [-0.39, 0.29) is 29.6 Å². The first-order valence-electron chi connectivity index (χ1n) is 6.19. The van der Waals surface area contributed by atoms with Crippen molar-refractivity contribution in [1.82, 2.24) is 0 Å². The molecule has 1 rings (SSSR count). The minimum absolute atomic E-state index is 0. The number of nitrogens with zero attached hydrogens (tertiary/aromatic N) is 1. The van der Waals surface area contributed by atoms with Gasteiger partial charge in [-0.1, -0.05) is 25.5 Å². The number of aryl methyl sites for hydroxylation is 1. The van der Waals surface area contributed by atoms with E-state index in [1.807, 2.05) is 45.0 Å². The van der Waals surface area contributed by atoms with Crippen LogP contribution < -0.4 is 34.5 Å². The molecule has 0 heterocycles. The number of hydrogen-bond donors (Lipinski definition) is 1. The molecule has 1 aromatic rings. The maximum absolute atomic E-state index is 11.5. The zero-order chi connectivity index (χ0) is 13.8. The fourth-order valence-corrected chi connectivity index (χ4v) is 3.20. The molecular formula is C13H21NNaO3S+. The largest absolute Gasteiger partial charge is 1.00 e. The fraction of sp³-hybridized carbons (Fsp3) is 0.538. The smallest absolute Gasteiger partial charge is 0.353 e. The monoisotopic (exact) mass is 294 g/mol. The maximum atomic E-state index is 11.5. The Bertz CT molecular complexity index is 490. The van der Waals surface area contributed by atoms with Crippen LogP contribution in [0.15, 0.2) is 24.3 Å². The number of anilines is 1. The van der Waals surface area contributed by atoms with Gasteiger partial charge in [0.25, 0.3) is 10.1 Å². The summed E-state index contributed by atoms with van der Waals surface area (Å²) in [5.41, 5.74) is 1.89. The number of rotatable bonds is 6. The van der Waals surface area contributed by atoms with Crippen LogP contribution in [-0.4, -0.2) is 24.9 Å². The molecule has 0 aliphatic carbocycles. The summed E-state index contributed by atoms with van der Waals surface area (Å²) in [6.07, 6.45) is 1.12. The van der Waals surface area contributed by atoms with E-state index < -0.39 is 15.5 Å². The van der Waals surface area contributed by atoms with Crippen molar-refractivity contribution in [2.24, 2.45) is 0 Å². The third-order valence-electron chi connectivity index (χ3n) is 2.90. The summed E-state index contributed by atoms with van der Waals surface area (Å²) in [6.45, 7) is 6.28. The van der Waals surface area contributed by atoms with Crippen molar-refractivity contribution in [3.63, 3.8) is 0 Å². The normalized spacial score (nSPS) is 12.6. The number of benzene rings is 1. The van der Waals surface area contributed by atoms with Crippen LogP contribution in [0.2, 0.25) is 0 Å². The zero-order valence-electron chi connectivity index (χ0n) is 12.1. The second-order valence-corrected chi connectivity index (χ2v) is 5.96. The van der Waals surface area contributed by atoms with Gasteiger partial charge in [0.1, 0.15) is 0 Å². The molecule has 0 amide bonds. The molecule has 4 nitrogen and oxygen atoms in total. The predicted molar refractivity (Wildman–Crippen MR) is 74.4 cm³/mol. The summed E-state index contributed by atoms with van der Waals surface area (Å²) in [7, 11) is -4.07. The van der Waals surface area contributed by atoms with Crippen LogP contribution in [0.4, 0.5) is 5.69 Å². The van der Waals surface area contributed by atoms with Gasteiger partial charge in [-0.2, -0.15) is 8.42 Å². The van der Waals surface area contributed by atoms with E-state index in [9.17, 15) is 13.0 Å². The molecular weight excluding hydrogens is 273 g/mol. The Morgan fingerprint density at radius 1 is 1.32 bits per heavy atom. The average molecular weight is 294 g/mol. The summed E-state index contributed by atoms with van der Waals surface area (Å²) < 4.78 is 32.4. The standard InChI is InChI=1S/C13H21NO3S.Na/c1-4-7-13(18(15,16)17)14(5-2)12-9-6-8-11(3)10-12;/h6,8-10,13H,4-5,7H2,1-3H3,(H,15,16,17);/q;+1. The molecule has 1 N–H and O–H groups in total. The van der Waals surface area contributed by atoms with Crippen LogP contribution in [0.3, 0.4) is 0 Å². The van der Waals surface area contributed by atoms with E-state index in [1.165, 1.54) is 0 Å². The van der Waals surface area contributed by atoms with Crippen LogP contribution in [0.1, 0.15) is 32.3 Å². The summed E-state index contributed by atoms with van der Waals surface area (Å²) in [6, 6.07) is 7.64. The molecule has 0 aromatic heterocycles. The van der Waals surface area contributed by atoms with E-state index in [2.05, 4.69) is 0 Å². The Kier molecular flexibility index (Phi) is 8.24. The van der Waals surface area contributed by atoms with E-state index in [0.29, 0.717) is 19.4 Å². The molecule has 1 atom stereocenters. The first-order chi connectivity index (χ1) is 8.40. The van der Waals surface area contributed by atoms with Crippen molar-refractivity contribution in [2.45, 2.75) is 39.0 Å². The molecule has 0 saturated carbocycles. The van der Waals surface area contributed by atoms with Gasteiger partial charge in [-0.25, -0.2) is 0 Å². The first kappa shape index (κ1) is 18.9. The molecule has 0 fully saturated rings. The maximum Gasteiger partial charge on any atom is 1.00 e. The SMILES string of the molecule is CCCC(N(CC)c1cccc(C)c1)S(=O)(=O)O.[Na+]. The molecule has 0 aliphatic rings. The molecule has 0 bridgehead atoms. The average Bonchev–Trinajstić information content (AvgIpc) is 2.28. The third kappa shape index (κ3) is 5.44. The van der Waals surface area contributed by atoms with Gasteiger partial charge in [0.05, 0.1) is 0 Å². The van der Waals surface area contributed by atoms with Crippen LogP contribution in [0.25, 0.3) is 0 Å². The van der Waals surface area contributed by atoms with Crippen LogP contribution in [0.5, 0.6) is 0 Å². The molecule has 0 aliphatic heterocycles. The van der Waals surface area contributed by atoms with Crippen LogP contribution in [0, 0.1) is 6.92 Å². The van der Waals surface area contributed by atoms with Gasteiger partial charge in [-0.3, -0.25) is 4.55 Å².